The van der Waals surface area contributed by atoms with Crippen molar-refractivity contribution in [2.75, 3.05) is 33.0 Å². The van der Waals surface area contributed by atoms with Crippen LogP contribution in [0.1, 0.15) is 18.1 Å². The second-order valence-corrected chi connectivity index (χ2v) is 15.5. The van der Waals surface area contributed by atoms with Gasteiger partial charge in [-0.15, -0.1) is 0 Å². The van der Waals surface area contributed by atoms with Crippen molar-refractivity contribution in [3.05, 3.63) is 131 Å². The summed E-state index contributed by atoms with van der Waals surface area (Å²) in [6.07, 6.45) is 1.49. The largest absolute Gasteiger partial charge is 1.00 e. The van der Waals surface area contributed by atoms with E-state index in [1.54, 1.807) is 54.6 Å². The minimum Gasteiger partial charge on any atom is -0.744 e. The number of aromatic nitrogens is 6. The van der Waals surface area contributed by atoms with Crippen LogP contribution in [0.5, 0.6) is 12.0 Å². The van der Waals surface area contributed by atoms with E-state index in [1.807, 2.05) is 6.07 Å². The van der Waals surface area contributed by atoms with E-state index in [1.165, 1.54) is 31.2 Å². The van der Waals surface area contributed by atoms with Gasteiger partial charge in [-0.25, -0.2) is 36.8 Å². The van der Waals surface area contributed by atoms with Crippen LogP contribution in [0.4, 0.5) is 22.7 Å². The van der Waals surface area contributed by atoms with Gasteiger partial charge >= 0.3 is 59.1 Å². The molecule has 4 aromatic carbocycles. The molecule has 0 radical (unpaired) electrons. The molecular weight excluding hydrogens is 895 g/mol. The van der Waals surface area contributed by atoms with Crippen molar-refractivity contribution < 1.29 is 109 Å². The second kappa shape index (κ2) is 24.4. The normalized spacial score (nSPS) is 13.4. The molecule has 0 aliphatic carbocycles. The summed E-state index contributed by atoms with van der Waals surface area (Å²) in [5.41, 5.74) is 0.877. The Balaban J connectivity index is 0.00000449. The molecule has 64 heavy (non-hydrogen) atoms. The van der Waals surface area contributed by atoms with Crippen LogP contribution in [0.3, 0.4) is 0 Å². The Morgan fingerprint density at radius 1 is 0.625 bits per heavy atom. The number of nitrogens with zero attached hydrogens (tertiary/aromatic N) is 6. The molecule has 6 aromatic rings. The minimum atomic E-state index is -5.15. The Bertz CT molecular complexity index is 3050. The van der Waals surface area contributed by atoms with Crippen molar-refractivity contribution in [2.24, 2.45) is 20.0 Å². The number of hydrogen-bond acceptors (Lipinski definition) is 17. The van der Waals surface area contributed by atoms with Gasteiger partial charge < -0.3 is 33.5 Å². The predicted molar refractivity (Wildman–Crippen MR) is 218 cm³/mol. The van der Waals surface area contributed by atoms with Gasteiger partial charge in [-0.05, 0) is 66.6 Å². The fourth-order valence-corrected chi connectivity index (χ4v) is 6.66. The molecule has 6 N–H and O–H groups in total. The van der Waals surface area contributed by atoms with Crippen molar-refractivity contribution in [1.82, 2.24) is 29.9 Å². The maximum Gasteiger partial charge on any atom is 1.00 e. The molecule has 25 heteroatoms. The van der Waals surface area contributed by atoms with Gasteiger partial charge in [0.2, 0.25) is 22.5 Å². The van der Waals surface area contributed by atoms with Crippen LogP contribution < -0.4 is 91.1 Å². The fourth-order valence-electron chi connectivity index (χ4n) is 5.28. The van der Waals surface area contributed by atoms with Gasteiger partial charge in [0.15, 0.2) is 0 Å². The first kappa shape index (κ1) is 51.8. The van der Waals surface area contributed by atoms with E-state index in [2.05, 4.69) is 49.9 Å². The summed E-state index contributed by atoms with van der Waals surface area (Å²) in [5.74, 6) is 0. The van der Waals surface area contributed by atoms with Crippen molar-refractivity contribution >= 4 is 55.1 Å². The Labute approximate surface area is 409 Å². The Morgan fingerprint density at radius 3 is 1.50 bits per heavy atom. The topological polar surface area (TPSA) is 321 Å². The van der Waals surface area contributed by atoms with Crippen LogP contribution >= 0.6 is 0 Å². The average molecular weight is 933 g/mol. The summed E-state index contributed by atoms with van der Waals surface area (Å²) in [7, 11) is -10.3. The zero-order valence-corrected chi connectivity index (χ0v) is 40.2. The van der Waals surface area contributed by atoms with E-state index in [9.17, 15) is 31.0 Å². The van der Waals surface area contributed by atoms with Crippen LogP contribution in [0.15, 0.2) is 127 Å². The number of benzene rings is 4. The third-order valence-corrected chi connectivity index (χ3v) is 9.71. The number of rotatable bonds is 17. The quantitative estimate of drug-likeness (QED) is 0.0219. The van der Waals surface area contributed by atoms with Crippen LogP contribution in [-0.2, 0) is 25.0 Å². The number of nitrogens with one attached hydrogen (secondary N) is 4. The molecular formula is C39H38N10Na2O11S2. The summed E-state index contributed by atoms with van der Waals surface area (Å²) in [4.78, 5) is 36.0. The number of aliphatic hydroxyl groups is 2. The molecule has 0 bridgehead atoms. The first-order chi connectivity index (χ1) is 29.7. The second-order valence-electron chi connectivity index (χ2n) is 12.8. The van der Waals surface area contributed by atoms with Crippen LogP contribution in [-0.4, -0.2) is 105 Å². The Morgan fingerprint density at radius 2 is 1.08 bits per heavy atom. The van der Waals surface area contributed by atoms with E-state index < -0.39 is 36.1 Å². The molecule has 0 saturated heterocycles. The Hall–Kier alpha value is -4.86. The third kappa shape index (κ3) is 16.0. The first-order valence-corrected chi connectivity index (χ1v) is 21.2. The fraction of sp³-hybridized carbons (Fsp3) is 0.179. The van der Waals surface area contributed by atoms with Gasteiger partial charge in [-0.3, -0.25) is 19.9 Å². The molecule has 0 amide bonds. The van der Waals surface area contributed by atoms with Gasteiger partial charge in [0, 0.05) is 0 Å². The summed E-state index contributed by atoms with van der Waals surface area (Å²) < 4.78 is 91.5. The van der Waals surface area contributed by atoms with Crippen molar-refractivity contribution in [3.63, 3.8) is 0 Å². The number of para-hydroxylation sites is 2. The third-order valence-electron chi connectivity index (χ3n) is 7.93. The number of aromatic amines is 4. The number of H-pyrrole nitrogens is 4. The van der Waals surface area contributed by atoms with Gasteiger partial charge in [0.1, 0.15) is 33.5 Å². The molecule has 2 aromatic heterocycles. The molecule has 324 valence electrons. The van der Waals surface area contributed by atoms with Gasteiger partial charge in [-0.2, -0.15) is 9.97 Å². The summed E-state index contributed by atoms with van der Waals surface area (Å²) >= 11 is 0. The average Bonchev–Trinajstić information content (AvgIpc) is 3.22. The molecule has 0 saturated carbocycles. The van der Waals surface area contributed by atoms with Gasteiger partial charge in [0.05, 0.1) is 58.5 Å². The van der Waals surface area contributed by atoms with Crippen LogP contribution in [0.25, 0.3) is 12.2 Å². The molecule has 2 heterocycles. The molecule has 21 nitrogen and oxygen atoms in total. The molecule has 1 atom stereocenters. The summed E-state index contributed by atoms with van der Waals surface area (Å²) in [6, 6.07) is 24.8. The predicted octanol–water partition coefficient (Wildman–Crippen LogP) is -4.15. The summed E-state index contributed by atoms with van der Waals surface area (Å²) in [6.45, 7) is 1.50. The smallest absolute Gasteiger partial charge is 0.744 e. The van der Waals surface area contributed by atoms with Gasteiger partial charge in [-0.1, -0.05) is 60.7 Å². The maximum absolute atomic E-state index is 12.5. The zero-order chi connectivity index (χ0) is 44.1. The molecule has 0 aliphatic heterocycles. The van der Waals surface area contributed by atoms with Crippen molar-refractivity contribution in [1.29, 1.82) is 0 Å². The molecule has 6 rings (SSSR count). The molecule has 1 unspecified atom stereocenters. The van der Waals surface area contributed by atoms with E-state index in [4.69, 9.17) is 19.3 Å². The molecule has 0 spiro atoms. The SMILES string of the molecule is CC(O)COc1nc(=Nc2ccccc2)[nH]c(=Nc2ccc(C=Cc3ccc(N=c4[nH]c(OCCOCCO)nc(=Nc5ccccc5)[nH]4)cc3S(=O)(=O)[O-])c(S(=O)(=O)[O-])c2)[nH]1.[Na+].[Na+]. The van der Waals surface area contributed by atoms with E-state index in [0.29, 0.717) is 11.4 Å². The standard InChI is InChI=1S/C39H40N10O11S2.2Na/c1-25(51)24-60-39-48-35(41-29-10-6-3-7-11-29)45-37(49-39)43-31-17-15-27(33(23-31)62(55,56)57)13-12-26-14-16-30(22-32(26)61(52,53)54)42-36-44-34(40-28-8-4-2-5-9-28)46-38(47-36)59-21-20-58-19-18-50;;/h2-17,22-23,25,50-51H,18-21,24H2,1H3,(H,52,53,54)(H,55,56,57)(H2,40,42,44,46,47)(H2,41,43,45,48,49);;/q;2*+1/p-2. The number of aliphatic hydroxyl groups excluding tert-OH is 2. The van der Waals surface area contributed by atoms with Crippen LogP contribution in [0.2, 0.25) is 0 Å². The summed E-state index contributed by atoms with van der Waals surface area (Å²) in [5, 5.41) is 18.6. The van der Waals surface area contributed by atoms with E-state index in [0.717, 1.165) is 24.3 Å². The zero-order valence-electron chi connectivity index (χ0n) is 34.6. The number of hydrogen-bond donors (Lipinski definition) is 6. The van der Waals surface area contributed by atoms with Crippen molar-refractivity contribution in [3.8, 4) is 12.0 Å². The maximum atomic E-state index is 12.5. The van der Waals surface area contributed by atoms with E-state index >= 15 is 0 Å². The van der Waals surface area contributed by atoms with Crippen LogP contribution in [0, 0.1) is 0 Å². The minimum absolute atomic E-state index is 0. The van der Waals surface area contributed by atoms with E-state index in [-0.39, 0.29) is 149 Å². The van der Waals surface area contributed by atoms with Gasteiger partial charge in [0.25, 0.3) is 12.0 Å². The van der Waals surface area contributed by atoms with Crippen molar-refractivity contribution in [2.45, 2.75) is 22.8 Å². The molecule has 0 fully saturated rings. The first-order valence-electron chi connectivity index (χ1n) is 18.4. The Kier molecular flexibility index (Phi) is 19.8. The monoisotopic (exact) mass is 932 g/mol. The molecule has 0 aliphatic rings. The number of ether oxygens (including phenoxy) is 3.